The minimum Gasteiger partial charge on any atom is -0.468 e. The number of anilines is 1. The smallest absolute Gasteiger partial charge is 0.325 e. The van der Waals surface area contributed by atoms with E-state index in [1.54, 1.807) is 24.3 Å². The normalized spacial score (nSPS) is 13.5. The Hall–Kier alpha value is -3.26. The van der Waals surface area contributed by atoms with Gasteiger partial charge in [0.05, 0.1) is 23.4 Å². The van der Waals surface area contributed by atoms with Crippen molar-refractivity contribution in [3.8, 4) is 0 Å². The van der Waals surface area contributed by atoms with Crippen LogP contribution in [0.2, 0.25) is 5.02 Å². The number of benzene rings is 2. The Bertz CT molecular complexity index is 973. The number of carbonyl (C=O) groups excluding carboxylic acids is 2. The molecule has 0 atom stereocenters. The van der Waals surface area contributed by atoms with Crippen molar-refractivity contribution < 1.29 is 19.2 Å². The van der Waals surface area contributed by atoms with Crippen molar-refractivity contribution in [2.75, 3.05) is 25.1 Å². The Morgan fingerprint density at radius 2 is 2.04 bits per heavy atom. The third kappa shape index (κ3) is 3.65. The van der Waals surface area contributed by atoms with Crippen LogP contribution >= 0.6 is 11.6 Å². The van der Waals surface area contributed by atoms with E-state index in [0.29, 0.717) is 27.5 Å². The molecule has 0 spiro atoms. The van der Waals surface area contributed by atoms with Gasteiger partial charge < -0.3 is 4.74 Å². The van der Waals surface area contributed by atoms with Gasteiger partial charge in [-0.2, -0.15) is 0 Å². The predicted molar refractivity (Wildman–Crippen MR) is 99.4 cm³/mol. The second kappa shape index (κ2) is 7.55. The first-order valence-electron chi connectivity index (χ1n) is 7.87. The molecule has 1 heterocycles. The Morgan fingerprint density at radius 3 is 2.70 bits per heavy atom. The van der Waals surface area contributed by atoms with E-state index in [9.17, 15) is 19.7 Å². The number of nitro benzene ring substituents is 1. The van der Waals surface area contributed by atoms with Crippen LogP contribution in [0.1, 0.15) is 11.1 Å². The maximum Gasteiger partial charge on any atom is 0.325 e. The summed E-state index contributed by atoms with van der Waals surface area (Å²) in [6, 6.07) is 10.9. The van der Waals surface area contributed by atoms with Crippen LogP contribution in [0.4, 0.5) is 11.4 Å². The third-order valence-corrected chi connectivity index (χ3v) is 4.38. The van der Waals surface area contributed by atoms with Crippen molar-refractivity contribution in [3.63, 3.8) is 0 Å². The SMILES string of the molecule is COC(=O)CN1C(=O)CN=C(c2ccccc2Cl)c2cc([N+](=O)[O-])ccc21. The molecule has 0 radical (unpaired) electrons. The van der Waals surface area contributed by atoms with E-state index in [-0.39, 0.29) is 18.8 Å². The van der Waals surface area contributed by atoms with Gasteiger partial charge in [0, 0.05) is 28.3 Å². The Labute approximate surface area is 159 Å². The fraction of sp³-hybridized carbons (Fsp3) is 0.167. The first-order chi connectivity index (χ1) is 12.9. The van der Waals surface area contributed by atoms with Crippen LogP contribution in [0, 0.1) is 10.1 Å². The number of aliphatic imine (C=N–C) groups is 1. The number of methoxy groups -OCH3 is 1. The number of rotatable bonds is 4. The highest BCUT2D eigenvalue weighted by Crippen LogP contribution is 2.32. The van der Waals surface area contributed by atoms with Gasteiger partial charge in [-0.1, -0.05) is 29.8 Å². The van der Waals surface area contributed by atoms with Gasteiger partial charge in [0.15, 0.2) is 0 Å². The third-order valence-electron chi connectivity index (χ3n) is 4.05. The fourth-order valence-electron chi connectivity index (χ4n) is 2.76. The Balaban J connectivity index is 2.22. The minimum atomic E-state index is -0.617. The van der Waals surface area contributed by atoms with Gasteiger partial charge >= 0.3 is 5.97 Å². The summed E-state index contributed by atoms with van der Waals surface area (Å²) in [6.45, 7) is -0.564. The van der Waals surface area contributed by atoms with Crippen molar-refractivity contribution in [1.29, 1.82) is 0 Å². The summed E-state index contributed by atoms with van der Waals surface area (Å²) < 4.78 is 4.65. The molecule has 9 heteroatoms. The van der Waals surface area contributed by atoms with Crippen LogP contribution in [-0.2, 0) is 14.3 Å². The van der Waals surface area contributed by atoms with Crippen LogP contribution < -0.4 is 4.90 Å². The molecule has 0 fully saturated rings. The van der Waals surface area contributed by atoms with Crippen molar-refractivity contribution in [2.24, 2.45) is 4.99 Å². The molecule has 0 saturated carbocycles. The molecule has 0 aliphatic carbocycles. The van der Waals surface area contributed by atoms with Crippen molar-refractivity contribution in [2.45, 2.75) is 0 Å². The van der Waals surface area contributed by atoms with E-state index < -0.39 is 16.8 Å². The summed E-state index contributed by atoms with van der Waals surface area (Å²) in [7, 11) is 1.22. The number of benzodiazepines with no additional fused rings is 1. The number of nitrogens with zero attached hydrogens (tertiary/aromatic N) is 3. The molecule has 2 aromatic carbocycles. The second-order valence-corrected chi connectivity index (χ2v) is 6.07. The lowest BCUT2D eigenvalue weighted by atomic mass is 9.99. The van der Waals surface area contributed by atoms with Crippen molar-refractivity contribution >= 4 is 40.6 Å². The quantitative estimate of drug-likeness (QED) is 0.456. The van der Waals surface area contributed by atoms with Crippen LogP contribution in [-0.4, -0.2) is 42.7 Å². The number of halogens is 1. The van der Waals surface area contributed by atoms with Crippen molar-refractivity contribution in [1.82, 2.24) is 0 Å². The number of nitro groups is 1. The van der Waals surface area contributed by atoms with E-state index in [2.05, 4.69) is 9.73 Å². The van der Waals surface area contributed by atoms with Gasteiger partial charge in [-0.05, 0) is 12.1 Å². The average molecular weight is 388 g/mol. The summed E-state index contributed by atoms with van der Waals surface area (Å²) in [6.07, 6.45) is 0. The zero-order valence-corrected chi connectivity index (χ0v) is 15.0. The topological polar surface area (TPSA) is 102 Å². The molecular weight excluding hydrogens is 374 g/mol. The molecule has 138 valence electrons. The van der Waals surface area contributed by atoms with Gasteiger partial charge in [0.1, 0.15) is 13.1 Å². The molecule has 2 aromatic rings. The van der Waals surface area contributed by atoms with Crippen LogP contribution in [0.15, 0.2) is 47.5 Å². The molecule has 1 amide bonds. The lowest BCUT2D eigenvalue weighted by Crippen LogP contribution is -2.37. The van der Waals surface area contributed by atoms with Crippen LogP contribution in [0.3, 0.4) is 0 Å². The largest absolute Gasteiger partial charge is 0.468 e. The molecule has 1 aliphatic heterocycles. The number of hydrogen-bond donors (Lipinski definition) is 0. The lowest BCUT2D eigenvalue weighted by Gasteiger charge is -2.21. The van der Waals surface area contributed by atoms with Crippen molar-refractivity contribution in [3.05, 3.63) is 68.7 Å². The van der Waals surface area contributed by atoms with E-state index in [1.165, 1.54) is 30.2 Å². The summed E-state index contributed by atoms with van der Waals surface area (Å²) >= 11 is 6.27. The van der Waals surface area contributed by atoms with E-state index in [0.717, 1.165) is 0 Å². The van der Waals surface area contributed by atoms with Gasteiger partial charge in [0.2, 0.25) is 5.91 Å². The number of fused-ring (bicyclic) bond motifs is 1. The number of amides is 1. The Morgan fingerprint density at radius 1 is 1.30 bits per heavy atom. The molecule has 8 nitrogen and oxygen atoms in total. The van der Waals surface area contributed by atoms with E-state index in [1.807, 2.05) is 0 Å². The molecule has 0 saturated heterocycles. The maximum absolute atomic E-state index is 12.6. The average Bonchev–Trinajstić information content (AvgIpc) is 2.79. The highest BCUT2D eigenvalue weighted by Gasteiger charge is 2.29. The van der Waals surface area contributed by atoms with Gasteiger partial charge in [-0.3, -0.25) is 29.6 Å². The summed E-state index contributed by atoms with van der Waals surface area (Å²) in [4.78, 5) is 40.5. The number of ether oxygens (including phenoxy) is 1. The summed E-state index contributed by atoms with van der Waals surface area (Å²) in [5.74, 6) is -1.05. The molecule has 0 unspecified atom stereocenters. The first-order valence-corrected chi connectivity index (χ1v) is 8.25. The van der Waals surface area contributed by atoms with Gasteiger partial charge in [-0.25, -0.2) is 0 Å². The molecule has 0 aromatic heterocycles. The summed E-state index contributed by atoms with van der Waals surface area (Å²) in [5, 5.41) is 11.6. The first kappa shape index (κ1) is 18.5. The molecule has 3 rings (SSSR count). The number of esters is 1. The number of non-ortho nitro benzene ring substituents is 1. The highest BCUT2D eigenvalue weighted by molar-refractivity contribution is 6.36. The predicted octanol–water partition coefficient (Wildman–Crippen LogP) is 2.61. The van der Waals surface area contributed by atoms with Crippen LogP contribution in [0.25, 0.3) is 0 Å². The van der Waals surface area contributed by atoms with Gasteiger partial charge in [0.25, 0.3) is 5.69 Å². The van der Waals surface area contributed by atoms with E-state index >= 15 is 0 Å². The zero-order chi connectivity index (χ0) is 19.6. The molecule has 27 heavy (non-hydrogen) atoms. The standard InChI is InChI=1S/C18H14ClN3O5/c1-27-17(24)10-21-15-7-6-11(22(25)26)8-13(15)18(20-9-16(21)23)12-4-2-3-5-14(12)19/h2-8H,9-10H2,1H3. The number of carbonyl (C=O) groups is 2. The highest BCUT2D eigenvalue weighted by atomic mass is 35.5. The second-order valence-electron chi connectivity index (χ2n) is 5.66. The zero-order valence-electron chi connectivity index (χ0n) is 14.2. The number of hydrogen-bond acceptors (Lipinski definition) is 6. The lowest BCUT2D eigenvalue weighted by molar-refractivity contribution is -0.384. The summed E-state index contributed by atoms with van der Waals surface area (Å²) in [5.41, 5.74) is 1.38. The molecule has 0 bridgehead atoms. The van der Waals surface area contributed by atoms with Crippen LogP contribution in [0.5, 0.6) is 0 Å². The minimum absolute atomic E-state index is 0.166. The Kier molecular flexibility index (Phi) is 5.18. The monoisotopic (exact) mass is 387 g/mol. The molecule has 0 N–H and O–H groups in total. The molecule has 1 aliphatic rings. The van der Waals surface area contributed by atoms with Gasteiger partial charge in [-0.15, -0.1) is 0 Å². The maximum atomic E-state index is 12.6. The molecular formula is C18H14ClN3O5. The van der Waals surface area contributed by atoms with E-state index in [4.69, 9.17) is 11.6 Å². The fourth-order valence-corrected chi connectivity index (χ4v) is 2.99.